The van der Waals surface area contributed by atoms with E-state index < -0.39 is 0 Å². The summed E-state index contributed by atoms with van der Waals surface area (Å²) in [5.74, 6) is 1.79. The maximum Gasteiger partial charge on any atom is 0.282 e. The van der Waals surface area contributed by atoms with Crippen LogP contribution in [-0.4, -0.2) is 15.9 Å². The molecule has 0 amide bonds. The van der Waals surface area contributed by atoms with Gasteiger partial charge in [-0.2, -0.15) is 9.78 Å². The number of ether oxygens (including phenoxy) is 1. The molecule has 1 fully saturated rings. The Hall–Kier alpha value is -2.77. The molecule has 35 heavy (non-hydrogen) atoms. The molecule has 5 nitrogen and oxygen atoms in total. The maximum absolute atomic E-state index is 13.3. The van der Waals surface area contributed by atoms with Gasteiger partial charge in [0.05, 0.1) is 17.1 Å². The van der Waals surface area contributed by atoms with Crippen LogP contribution in [0.4, 0.5) is 0 Å². The van der Waals surface area contributed by atoms with Crippen LogP contribution in [0.15, 0.2) is 85.6 Å². The first-order valence-electron chi connectivity index (χ1n) is 11.8. The van der Waals surface area contributed by atoms with Crippen molar-refractivity contribution in [1.29, 1.82) is 0 Å². The second kappa shape index (κ2) is 10.9. The number of para-hydroxylation sites is 1. The van der Waals surface area contributed by atoms with E-state index in [-0.39, 0.29) is 11.5 Å². The highest BCUT2D eigenvalue weighted by molar-refractivity contribution is 9.11. The topological polar surface area (TPSA) is 56.5 Å². The van der Waals surface area contributed by atoms with Crippen molar-refractivity contribution < 1.29 is 4.74 Å². The highest BCUT2D eigenvalue weighted by atomic mass is 79.9. The molecule has 7 heteroatoms. The van der Waals surface area contributed by atoms with E-state index in [2.05, 4.69) is 37.0 Å². The number of benzene rings is 3. The first-order valence-corrected chi connectivity index (χ1v) is 13.4. The van der Waals surface area contributed by atoms with Crippen molar-refractivity contribution in [1.82, 2.24) is 9.66 Å². The number of halogens is 2. The SMILES string of the molecule is O=c1c2ccccc2nc(C2CCCCC2)n1N=Cc1ccc(OCc2ccc(Br)cc2Br)cc1. The molecule has 178 valence electrons. The van der Waals surface area contributed by atoms with Crippen LogP contribution in [0.3, 0.4) is 0 Å². The Morgan fingerprint density at radius 2 is 1.77 bits per heavy atom. The molecule has 1 aromatic heterocycles. The molecule has 0 unspecified atom stereocenters. The zero-order chi connectivity index (χ0) is 24.2. The van der Waals surface area contributed by atoms with Gasteiger partial charge < -0.3 is 4.74 Å². The molecule has 1 heterocycles. The lowest BCUT2D eigenvalue weighted by Gasteiger charge is -2.22. The number of aromatic nitrogens is 2. The molecule has 0 spiro atoms. The quantitative estimate of drug-likeness (QED) is 0.218. The summed E-state index contributed by atoms with van der Waals surface area (Å²) in [6, 6.07) is 21.2. The predicted octanol–water partition coefficient (Wildman–Crippen LogP) is 7.43. The second-order valence-corrected chi connectivity index (χ2v) is 10.5. The zero-order valence-corrected chi connectivity index (χ0v) is 22.3. The number of hydrogen-bond acceptors (Lipinski definition) is 4. The molecule has 5 rings (SSSR count). The van der Waals surface area contributed by atoms with Gasteiger partial charge in [0.1, 0.15) is 18.2 Å². The van der Waals surface area contributed by atoms with Gasteiger partial charge in [0, 0.05) is 20.4 Å². The summed E-state index contributed by atoms with van der Waals surface area (Å²) in [6.45, 7) is 0.463. The van der Waals surface area contributed by atoms with Gasteiger partial charge in [-0.15, -0.1) is 0 Å². The largest absolute Gasteiger partial charge is 0.489 e. The third-order valence-corrected chi connectivity index (χ3v) is 7.59. The molecular weight excluding hydrogens is 570 g/mol. The molecule has 3 aromatic carbocycles. The highest BCUT2D eigenvalue weighted by Gasteiger charge is 2.22. The minimum atomic E-state index is -0.118. The number of fused-ring (bicyclic) bond motifs is 1. The predicted molar refractivity (Wildman–Crippen MR) is 147 cm³/mol. The van der Waals surface area contributed by atoms with Crippen LogP contribution in [-0.2, 0) is 6.61 Å². The Morgan fingerprint density at radius 3 is 2.54 bits per heavy atom. The van der Waals surface area contributed by atoms with Crippen molar-refractivity contribution in [3.8, 4) is 5.75 Å². The third kappa shape index (κ3) is 5.57. The molecule has 0 radical (unpaired) electrons. The molecule has 1 saturated carbocycles. The van der Waals surface area contributed by atoms with E-state index in [0.29, 0.717) is 12.0 Å². The molecule has 0 N–H and O–H groups in total. The van der Waals surface area contributed by atoms with Gasteiger partial charge in [-0.05, 0) is 66.9 Å². The van der Waals surface area contributed by atoms with E-state index in [0.717, 1.165) is 62.8 Å². The lowest BCUT2D eigenvalue weighted by atomic mass is 9.88. The fourth-order valence-electron chi connectivity index (χ4n) is 4.45. The fourth-order valence-corrected chi connectivity index (χ4v) is 5.61. The molecule has 0 aliphatic heterocycles. The van der Waals surface area contributed by atoms with Crippen molar-refractivity contribution in [3.05, 3.63) is 103 Å². The van der Waals surface area contributed by atoms with Crippen LogP contribution in [0.1, 0.15) is 55.0 Å². The van der Waals surface area contributed by atoms with E-state index in [1.807, 2.05) is 66.7 Å². The Kier molecular flexibility index (Phi) is 7.44. The highest BCUT2D eigenvalue weighted by Crippen LogP contribution is 2.31. The Morgan fingerprint density at radius 1 is 1.00 bits per heavy atom. The minimum Gasteiger partial charge on any atom is -0.489 e. The number of hydrogen-bond donors (Lipinski definition) is 0. The summed E-state index contributed by atoms with van der Waals surface area (Å²) >= 11 is 7.04. The van der Waals surface area contributed by atoms with Crippen molar-refractivity contribution in [2.24, 2.45) is 5.10 Å². The van der Waals surface area contributed by atoms with Gasteiger partial charge in [0.15, 0.2) is 0 Å². The van der Waals surface area contributed by atoms with Crippen molar-refractivity contribution in [3.63, 3.8) is 0 Å². The Labute approximate surface area is 221 Å². The van der Waals surface area contributed by atoms with E-state index in [4.69, 9.17) is 9.72 Å². The first kappa shape index (κ1) is 23.9. The summed E-state index contributed by atoms with van der Waals surface area (Å²) < 4.78 is 9.47. The summed E-state index contributed by atoms with van der Waals surface area (Å²) in [5, 5.41) is 5.20. The van der Waals surface area contributed by atoms with E-state index in [1.54, 1.807) is 6.21 Å². The van der Waals surface area contributed by atoms with Gasteiger partial charge in [-0.3, -0.25) is 4.79 Å². The lowest BCUT2D eigenvalue weighted by molar-refractivity contribution is 0.305. The normalized spacial score (nSPS) is 14.6. The molecule has 1 aliphatic rings. The molecule has 0 bridgehead atoms. The summed E-state index contributed by atoms with van der Waals surface area (Å²) in [5.41, 5.74) is 2.57. The lowest BCUT2D eigenvalue weighted by Crippen LogP contribution is -2.25. The average molecular weight is 595 g/mol. The first-order chi connectivity index (χ1) is 17.1. The summed E-state index contributed by atoms with van der Waals surface area (Å²) in [4.78, 5) is 18.2. The third-order valence-electron chi connectivity index (χ3n) is 6.36. The van der Waals surface area contributed by atoms with Gasteiger partial charge in [0.2, 0.25) is 0 Å². The fraction of sp³-hybridized carbons (Fsp3) is 0.250. The van der Waals surface area contributed by atoms with Gasteiger partial charge in [-0.1, -0.05) is 69.3 Å². The van der Waals surface area contributed by atoms with Crippen LogP contribution in [0.5, 0.6) is 5.75 Å². The van der Waals surface area contributed by atoms with Crippen molar-refractivity contribution in [2.75, 3.05) is 0 Å². The maximum atomic E-state index is 13.3. The molecular formula is C28H25Br2N3O2. The van der Waals surface area contributed by atoms with Crippen molar-refractivity contribution >= 4 is 49.0 Å². The monoisotopic (exact) mass is 593 g/mol. The average Bonchev–Trinajstić information content (AvgIpc) is 2.89. The zero-order valence-electron chi connectivity index (χ0n) is 19.2. The van der Waals surface area contributed by atoms with E-state index in [9.17, 15) is 4.79 Å². The molecule has 0 atom stereocenters. The van der Waals surface area contributed by atoms with Crippen LogP contribution in [0.2, 0.25) is 0 Å². The van der Waals surface area contributed by atoms with Gasteiger partial charge in [-0.25, -0.2) is 4.98 Å². The van der Waals surface area contributed by atoms with E-state index in [1.165, 1.54) is 11.1 Å². The standard InChI is InChI=1S/C28H25Br2N3O2/c29-22-13-12-21(25(30)16-22)18-35-23-14-10-19(11-15-23)17-31-33-27(20-6-2-1-3-7-20)32-26-9-5-4-8-24(26)28(33)34/h4-5,8-17,20H,1-3,6-7,18H2. The molecule has 4 aromatic rings. The molecule has 0 saturated heterocycles. The van der Waals surface area contributed by atoms with Crippen LogP contribution in [0.25, 0.3) is 10.9 Å². The van der Waals surface area contributed by atoms with Gasteiger partial charge >= 0.3 is 0 Å². The van der Waals surface area contributed by atoms with E-state index >= 15 is 0 Å². The smallest absolute Gasteiger partial charge is 0.282 e. The van der Waals surface area contributed by atoms with Crippen LogP contribution >= 0.6 is 31.9 Å². The number of nitrogens with zero attached hydrogens (tertiary/aromatic N) is 3. The van der Waals surface area contributed by atoms with Crippen LogP contribution in [0, 0.1) is 0 Å². The second-order valence-electron chi connectivity index (χ2n) is 8.78. The van der Waals surface area contributed by atoms with Crippen molar-refractivity contribution in [2.45, 2.75) is 44.6 Å². The van der Waals surface area contributed by atoms with Crippen LogP contribution < -0.4 is 10.3 Å². The minimum absolute atomic E-state index is 0.118. The summed E-state index contributed by atoms with van der Waals surface area (Å²) in [7, 11) is 0. The molecule has 1 aliphatic carbocycles. The van der Waals surface area contributed by atoms with Gasteiger partial charge in [0.25, 0.3) is 5.56 Å². The Bertz CT molecular complexity index is 1420. The number of rotatable bonds is 6. The Balaban J connectivity index is 1.38. The summed E-state index contributed by atoms with van der Waals surface area (Å²) in [6.07, 6.45) is 7.37.